The molecule has 0 radical (unpaired) electrons. The summed E-state index contributed by atoms with van der Waals surface area (Å²) >= 11 is 5.16. The number of anilines is 1. The fourth-order valence-corrected chi connectivity index (χ4v) is 2.62. The second-order valence-corrected chi connectivity index (χ2v) is 4.94. The molecule has 0 amide bonds. The van der Waals surface area contributed by atoms with Gasteiger partial charge in [-0.25, -0.2) is 4.98 Å². The molecular weight excluding hydrogens is 286 g/mol. The van der Waals surface area contributed by atoms with Gasteiger partial charge in [-0.1, -0.05) is 0 Å². The third kappa shape index (κ3) is 2.60. The number of nitriles is 1. The monoisotopic (exact) mass is 293 g/mol. The Morgan fingerprint density at radius 3 is 2.88 bits per heavy atom. The normalized spacial score (nSPS) is 9.75. The molecule has 0 aliphatic rings. The summed E-state index contributed by atoms with van der Waals surface area (Å²) in [6, 6.07) is 7.61. The molecule has 16 heavy (non-hydrogen) atoms. The van der Waals surface area contributed by atoms with Gasteiger partial charge in [0.25, 0.3) is 0 Å². The molecule has 1 N–H and O–H groups in total. The van der Waals surface area contributed by atoms with Crippen LogP contribution in [0.5, 0.6) is 0 Å². The Bertz CT molecular complexity index is 513. The molecule has 2 aromatic heterocycles. The summed E-state index contributed by atoms with van der Waals surface area (Å²) < 4.78 is 1.11. The smallest absolute Gasteiger partial charge is 0.126 e. The fourth-order valence-electron chi connectivity index (χ4n) is 1.19. The minimum Gasteiger partial charge on any atom is -0.365 e. The maximum atomic E-state index is 8.63. The van der Waals surface area contributed by atoms with Crippen molar-refractivity contribution >= 4 is 33.1 Å². The summed E-state index contributed by atoms with van der Waals surface area (Å²) in [5.41, 5.74) is 0.572. The number of nitrogens with one attached hydrogen (secondary N) is 1. The van der Waals surface area contributed by atoms with Crippen LogP contribution in [0, 0.1) is 11.3 Å². The molecule has 3 nitrogen and oxygen atoms in total. The van der Waals surface area contributed by atoms with Gasteiger partial charge in [0.1, 0.15) is 11.9 Å². The zero-order chi connectivity index (χ0) is 11.4. The van der Waals surface area contributed by atoms with Crippen molar-refractivity contribution in [3.05, 3.63) is 44.7 Å². The molecule has 80 valence electrons. The van der Waals surface area contributed by atoms with Gasteiger partial charge in [0, 0.05) is 15.5 Å². The van der Waals surface area contributed by atoms with E-state index in [0.29, 0.717) is 5.56 Å². The number of thiophene rings is 1. The van der Waals surface area contributed by atoms with Crippen LogP contribution in [0.4, 0.5) is 5.82 Å². The van der Waals surface area contributed by atoms with Crippen LogP contribution in [0.15, 0.2) is 34.2 Å². The van der Waals surface area contributed by atoms with Gasteiger partial charge in [0.05, 0.1) is 12.1 Å². The standard InChI is InChI=1S/C11H8BrN3S/c12-9-3-4-16-10(9)7-15-11-2-1-8(5-13)6-14-11/h1-4,6H,7H2,(H,14,15). The maximum Gasteiger partial charge on any atom is 0.126 e. The van der Waals surface area contributed by atoms with Gasteiger partial charge in [-0.3, -0.25) is 0 Å². The van der Waals surface area contributed by atoms with Crippen molar-refractivity contribution in [2.75, 3.05) is 5.32 Å². The number of nitrogens with zero attached hydrogens (tertiary/aromatic N) is 2. The highest BCUT2D eigenvalue weighted by molar-refractivity contribution is 9.10. The number of aromatic nitrogens is 1. The molecule has 0 spiro atoms. The Hall–Kier alpha value is -1.38. The highest BCUT2D eigenvalue weighted by Crippen LogP contribution is 2.23. The number of halogens is 1. The van der Waals surface area contributed by atoms with E-state index >= 15 is 0 Å². The average molecular weight is 294 g/mol. The van der Waals surface area contributed by atoms with Crippen LogP contribution in [-0.4, -0.2) is 4.98 Å². The Labute approximate surface area is 106 Å². The first-order valence-electron chi connectivity index (χ1n) is 4.61. The van der Waals surface area contributed by atoms with Crippen LogP contribution < -0.4 is 5.32 Å². The zero-order valence-electron chi connectivity index (χ0n) is 8.27. The van der Waals surface area contributed by atoms with Gasteiger partial charge < -0.3 is 5.32 Å². The van der Waals surface area contributed by atoms with Crippen LogP contribution in [0.25, 0.3) is 0 Å². The van der Waals surface area contributed by atoms with Gasteiger partial charge >= 0.3 is 0 Å². The van der Waals surface area contributed by atoms with Gasteiger partial charge in [-0.2, -0.15) is 5.26 Å². The first-order valence-corrected chi connectivity index (χ1v) is 6.29. The molecule has 2 aromatic rings. The third-order valence-electron chi connectivity index (χ3n) is 2.01. The lowest BCUT2D eigenvalue weighted by Gasteiger charge is -2.03. The van der Waals surface area contributed by atoms with E-state index in [9.17, 15) is 0 Å². The van der Waals surface area contributed by atoms with Crippen molar-refractivity contribution in [1.82, 2.24) is 4.98 Å². The van der Waals surface area contributed by atoms with E-state index in [4.69, 9.17) is 5.26 Å². The number of rotatable bonds is 3. The Morgan fingerprint density at radius 2 is 2.31 bits per heavy atom. The molecule has 0 aromatic carbocycles. The van der Waals surface area contributed by atoms with E-state index in [1.807, 2.05) is 17.5 Å². The number of hydrogen-bond donors (Lipinski definition) is 1. The average Bonchev–Trinajstić information content (AvgIpc) is 2.73. The Balaban J connectivity index is 2.00. The van der Waals surface area contributed by atoms with Crippen LogP contribution in [0.1, 0.15) is 10.4 Å². The molecular formula is C11H8BrN3S. The van der Waals surface area contributed by atoms with Gasteiger partial charge in [0.2, 0.25) is 0 Å². The van der Waals surface area contributed by atoms with E-state index in [1.165, 1.54) is 4.88 Å². The highest BCUT2D eigenvalue weighted by Gasteiger charge is 2.01. The minimum absolute atomic E-state index is 0.572. The van der Waals surface area contributed by atoms with Crippen molar-refractivity contribution in [2.24, 2.45) is 0 Å². The second-order valence-electron chi connectivity index (χ2n) is 3.09. The van der Waals surface area contributed by atoms with Crippen LogP contribution in [-0.2, 0) is 6.54 Å². The maximum absolute atomic E-state index is 8.63. The molecule has 5 heteroatoms. The summed E-state index contributed by atoms with van der Waals surface area (Å²) in [6.07, 6.45) is 1.56. The molecule has 0 saturated heterocycles. The van der Waals surface area contributed by atoms with E-state index < -0.39 is 0 Å². The second kappa shape index (κ2) is 5.10. The Kier molecular flexibility index (Phi) is 3.54. The van der Waals surface area contributed by atoms with E-state index in [1.54, 1.807) is 29.7 Å². The lowest BCUT2D eigenvalue weighted by atomic mass is 10.3. The van der Waals surface area contributed by atoms with Crippen LogP contribution in [0.3, 0.4) is 0 Å². The molecule has 2 heterocycles. The lowest BCUT2D eigenvalue weighted by molar-refractivity contribution is 1.13. The van der Waals surface area contributed by atoms with Crippen molar-refractivity contribution < 1.29 is 0 Å². The van der Waals surface area contributed by atoms with Crippen molar-refractivity contribution in [3.8, 4) is 6.07 Å². The predicted octanol–water partition coefficient (Wildman–Crippen LogP) is 3.39. The molecule has 0 aliphatic heterocycles. The molecule has 2 rings (SSSR count). The molecule has 0 unspecified atom stereocenters. The SMILES string of the molecule is N#Cc1ccc(NCc2sccc2Br)nc1. The van der Waals surface area contributed by atoms with Crippen LogP contribution in [0.2, 0.25) is 0 Å². The summed E-state index contributed by atoms with van der Waals surface area (Å²) in [6.45, 7) is 0.733. The van der Waals surface area contributed by atoms with E-state index in [0.717, 1.165) is 16.8 Å². The summed E-state index contributed by atoms with van der Waals surface area (Å²) in [5.74, 6) is 0.777. The van der Waals surface area contributed by atoms with Crippen molar-refractivity contribution in [1.29, 1.82) is 5.26 Å². The quantitative estimate of drug-likeness (QED) is 0.944. The van der Waals surface area contributed by atoms with Gasteiger partial charge in [-0.05, 0) is 39.5 Å². The number of hydrogen-bond acceptors (Lipinski definition) is 4. The first-order chi connectivity index (χ1) is 7.79. The van der Waals surface area contributed by atoms with E-state index in [-0.39, 0.29) is 0 Å². The molecule has 0 saturated carbocycles. The molecule has 0 atom stereocenters. The van der Waals surface area contributed by atoms with Gasteiger partial charge in [-0.15, -0.1) is 11.3 Å². The minimum atomic E-state index is 0.572. The molecule has 0 bridgehead atoms. The lowest BCUT2D eigenvalue weighted by Crippen LogP contribution is -1.99. The van der Waals surface area contributed by atoms with Crippen molar-refractivity contribution in [3.63, 3.8) is 0 Å². The fraction of sp³-hybridized carbons (Fsp3) is 0.0909. The zero-order valence-corrected chi connectivity index (χ0v) is 10.7. The molecule has 0 aliphatic carbocycles. The largest absolute Gasteiger partial charge is 0.365 e. The molecule has 0 fully saturated rings. The summed E-state index contributed by atoms with van der Waals surface area (Å²) in [7, 11) is 0. The predicted molar refractivity (Wildman–Crippen MR) is 68.3 cm³/mol. The van der Waals surface area contributed by atoms with E-state index in [2.05, 4.69) is 26.2 Å². The topological polar surface area (TPSA) is 48.7 Å². The first kappa shape index (κ1) is 11.1. The number of pyridine rings is 1. The summed E-state index contributed by atoms with van der Waals surface area (Å²) in [4.78, 5) is 5.36. The third-order valence-corrected chi connectivity index (χ3v) is 3.94. The Morgan fingerprint density at radius 1 is 1.44 bits per heavy atom. The van der Waals surface area contributed by atoms with Gasteiger partial charge in [0.15, 0.2) is 0 Å². The van der Waals surface area contributed by atoms with Crippen molar-refractivity contribution in [2.45, 2.75) is 6.54 Å². The van der Waals surface area contributed by atoms with Crippen LogP contribution >= 0.6 is 27.3 Å². The highest BCUT2D eigenvalue weighted by atomic mass is 79.9. The summed E-state index contributed by atoms with van der Waals surface area (Å²) in [5, 5.41) is 13.9.